The molecule has 0 unspecified atom stereocenters. The minimum absolute atomic E-state index is 0.0423. The van der Waals surface area contributed by atoms with E-state index in [-0.39, 0.29) is 5.54 Å². The van der Waals surface area contributed by atoms with Crippen LogP contribution in [0.5, 0.6) is 0 Å². The van der Waals surface area contributed by atoms with Gasteiger partial charge < -0.3 is 10.5 Å². The molecular weight excluding hydrogens is 234 g/mol. The van der Waals surface area contributed by atoms with Crippen molar-refractivity contribution in [1.82, 2.24) is 0 Å². The second-order valence-electron chi connectivity index (χ2n) is 5.05. The van der Waals surface area contributed by atoms with Crippen LogP contribution < -0.4 is 5.73 Å². The first-order valence-electron chi connectivity index (χ1n) is 6.18. The van der Waals surface area contributed by atoms with Gasteiger partial charge in [0.1, 0.15) is 0 Å². The summed E-state index contributed by atoms with van der Waals surface area (Å²) in [5, 5.41) is 0.805. The van der Waals surface area contributed by atoms with E-state index in [1.54, 1.807) is 7.11 Å². The van der Waals surface area contributed by atoms with Gasteiger partial charge >= 0.3 is 0 Å². The molecule has 3 heteroatoms. The topological polar surface area (TPSA) is 35.2 Å². The van der Waals surface area contributed by atoms with Crippen molar-refractivity contribution in [2.45, 2.75) is 37.6 Å². The van der Waals surface area contributed by atoms with E-state index in [2.05, 4.69) is 12.1 Å². The zero-order valence-corrected chi connectivity index (χ0v) is 11.1. The number of methoxy groups -OCH3 is 1. The number of aryl methyl sites for hydroxylation is 1. The summed E-state index contributed by atoms with van der Waals surface area (Å²) in [6.45, 7) is 0.801. The van der Waals surface area contributed by atoms with E-state index in [0.717, 1.165) is 43.7 Å². The van der Waals surface area contributed by atoms with E-state index in [0.29, 0.717) is 0 Å². The molecule has 1 aliphatic carbocycles. The Balaban J connectivity index is 2.07. The maximum absolute atomic E-state index is 6.18. The van der Waals surface area contributed by atoms with Gasteiger partial charge in [0, 0.05) is 24.3 Å². The molecule has 0 saturated heterocycles. The summed E-state index contributed by atoms with van der Waals surface area (Å²) < 4.78 is 5.09. The lowest BCUT2D eigenvalue weighted by molar-refractivity contribution is 0.195. The van der Waals surface area contributed by atoms with E-state index in [4.69, 9.17) is 22.1 Å². The predicted molar refractivity (Wildman–Crippen MR) is 71.5 cm³/mol. The van der Waals surface area contributed by atoms with Gasteiger partial charge in [-0.15, -0.1) is 0 Å². The highest BCUT2D eigenvalue weighted by Gasteiger charge is 2.38. The van der Waals surface area contributed by atoms with Gasteiger partial charge in [-0.2, -0.15) is 0 Å². The summed E-state index contributed by atoms with van der Waals surface area (Å²) in [5.41, 5.74) is 8.90. The minimum atomic E-state index is 0.0423. The van der Waals surface area contributed by atoms with Crippen LogP contribution in [-0.4, -0.2) is 19.3 Å². The summed E-state index contributed by atoms with van der Waals surface area (Å²) in [7, 11) is 1.74. The SMILES string of the molecule is COCCCc1ccc(Cl)cc1CC1(N)CC1. The molecule has 1 fully saturated rings. The van der Waals surface area contributed by atoms with Gasteiger partial charge in [0.2, 0.25) is 0 Å². The number of nitrogens with two attached hydrogens (primary N) is 1. The number of benzene rings is 1. The normalized spacial score (nSPS) is 17.1. The van der Waals surface area contributed by atoms with Crippen LogP contribution in [-0.2, 0) is 17.6 Å². The van der Waals surface area contributed by atoms with E-state index >= 15 is 0 Å². The van der Waals surface area contributed by atoms with Crippen LogP contribution in [0, 0.1) is 0 Å². The Kier molecular flexibility index (Phi) is 4.08. The standard InChI is InChI=1S/C14H20ClNO/c1-17-8-2-3-11-4-5-13(15)9-12(11)10-14(16)6-7-14/h4-5,9H,2-3,6-8,10,16H2,1H3. The summed E-state index contributed by atoms with van der Waals surface area (Å²) in [6, 6.07) is 6.15. The maximum atomic E-state index is 6.18. The van der Waals surface area contributed by atoms with Crippen molar-refractivity contribution in [2.24, 2.45) is 5.73 Å². The Morgan fingerprint density at radius 2 is 2.12 bits per heavy atom. The fourth-order valence-electron chi connectivity index (χ4n) is 2.13. The molecule has 2 N–H and O–H groups in total. The zero-order chi connectivity index (χ0) is 12.3. The van der Waals surface area contributed by atoms with Crippen molar-refractivity contribution >= 4 is 11.6 Å². The number of rotatable bonds is 6. The molecule has 1 aromatic rings. The molecule has 1 aliphatic rings. The van der Waals surface area contributed by atoms with Gasteiger partial charge in [-0.3, -0.25) is 0 Å². The van der Waals surface area contributed by atoms with E-state index in [9.17, 15) is 0 Å². The smallest absolute Gasteiger partial charge is 0.0465 e. The lowest BCUT2D eigenvalue weighted by Gasteiger charge is -2.14. The third-order valence-corrected chi connectivity index (χ3v) is 3.63. The molecule has 1 saturated carbocycles. The average Bonchev–Trinajstić information content (AvgIpc) is 3.00. The van der Waals surface area contributed by atoms with Crippen LogP contribution in [0.4, 0.5) is 0 Å². The average molecular weight is 254 g/mol. The van der Waals surface area contributed by atoms with Crippen molar-refractivity contribution in [1.29, 1.82) is 0 Å². The highest BCUT2D eigenvalue weighted by molar-refractivity contribution is 6.30. The second-order valence-corrected chi connectivity index (χ2v) is 5.48. The number of hydrogen-bond acceptors (Lipinski definition) is 2. The Morgan fingerprint density at radius 3 is 2.76 bits per heavy atom. The third-order valence-electron chi connectivity index (χ3n) is 3.40. The molecule has 17 heavy (non-hydrogen) atoms. The van der Waals surface area contributed by atoms with Crippen LogP contribution in [0.25, 0.3) is 0 Å². The third kappa shape index (κ3) is 3.70. The Hall–Kier alpha value is -0.570. The van der Waals surface area contributed by atoms with Crippen LogP contribution >= 0.6 is 11.6 Å². The molecule has 0 aliphatic heterocycles. The van der Waals surface area contributed by atoms with Crippen molar-refractivity contribution < 1.29 is 4.74 Å². The van der Waals surface area contributed by atoms with Gasteiger partial charge in [-0.05, 0) is 55.4 Å². The first kappa shape index (κ1) is 12.9. The first-order chi connectivity index (χ1) is 8.13. The zero-order valence-electron chi connectivity index (χ0n) is 10.3. The van der Waals surface area contributed by atoms with Crippen LogP contribution in [0.1, 0.15) is 30.4 Å². The van der Waals surface area contributed by atoms with Crippen LogP contribution in [0.3, 0.4) is 0 Å². The molecule has 2 nitrogen and oxygen atoms in total. The van der Waals surface area contributed by atoms with Crippen LogP contribution in [0.15, 0.2) is 18.2 Å². The van der Waals surface area contributed by atoms with Crippen molar-refractivity contribution in [3.63, 3.8) is 0 Å². The molecule has 0 radical (unpaired) electrons. The summed E-state index contributed by atoms with van der Waals surface area (Å²) in [5.74, 6) is 0. The predicted octanol–water partition coefficient (Wildman–Crippen LogP) is 2.95. The fourth-order valence-corrected chi connectivity index (χ4v) is 2.32. The van der Waals surface area contributed by atoms with Crippen LogP contribution in [0.2, 0.25) is 5.02 Å². The molecular formula is C14H20ClNO. The van der Waals surface area contributed by atoms with Crippen molar-refractivity contribution in [3.05, 3.63) is 34.3 Å². The number of halogens is 1. The summed E-state index contributed by atoms with van der Waals surface area (Å²) >= 11 is 6.06. The van der Waals surface area contributed by atoms with Gasteiger partial charge in [0.25, 0.3) is 0 Å². The maximum Gasteiger partial charge on any atom is 0.0465 e. The molecule has 0 atom stereocenters. The highest BCUT2D eigenvalue weighted by Crippen LogP contribution is 2.37. The molecule has 2 rings (SSSR count). The van der Waals surface area contributed by atoms with E-state index in [1.807, 2.05) is 6.07 Å². The summed E-state index contributed by atoms with van der Waals surface area (Å²) in [6.07, 6.45) is 5.31. The van der Waals surface area contributed by atoms with Crippen molar-refractivity contribution in [2.75, 3.05) is 13.7 Å². The van der Waals surface area contributed by atoms with E-state index < -0.39 is 0 Å². The fraction of sp³-hybridized carbons (Fsp3) is 0.571. The molecule has 0 heterocycles. The lowest BCUT2D eigenvalue weighted by Crippen LogP contribution is -2.25. The molecule has 0 aromatic heterocycles. The lowest BCUT2D eigenvalue weighted by atomic mass is 9.96. The first-order valence-corrected chi connectivity index (χ1v) is 6.56. The second kappa shape index (κ2) is 5.38. The quantitative estimate of drug-likeness (QED) is 0.792. The van der Waals surface area contributed by atoms with Crippen molar-refractivity contribution in [3.8, 4) is 0 Å². The van der Waals surface area contributed by atoms with Gasteiger partial charge in [-0.1, -0.05) is 17.7 Å². The molecule has 94 valence electrons. The number of ether oxygens (including phenoxy) is 1. The Bertz CT molecular complexity index is 388. The highest BCUT2D eigenvalue weighted by atomic mass is 35.5. The van der Waals surface area contributed by atoms with Gasteiger partial charge in [-0.25, -0.2) is 0 Å². The minimum Gasteiger partial charge on any atom is -0.385 e. The van der Waals surface area contributed by atoms with Gasteiger partial charge in [0.15, 0.2) is 0 Å². The van der Waals surface area contributed by atoms with E-state index in [1.165, 1.54) is 11.1 Å². The largest absolute Gasteiger partial charge is 0.385 e. The summed E-state index contributed by atoms with van der Waals surface area (Å²) in [4.78, 5) is 0. The van der Waals surface area contributed by atoms with Gasteiger partial charge in [0.05, 0.1) is 0 Å². The monoisotopic (exact) mass is 253 g/mol. The molecule has 0 spiro atoms. The molecule has 0 amide bonds. The number of hydrogen-bond donors (Lipinski definition) is 1. The Morgan fingerprint density at radius 1 is 1.35 bits per heavy atom. The Labute approximate surface area is 108 Å². The molecule has 0 bridgehead atoms. The molecule has 1 aromatic carbocycles.